The summed E-state index contributed by atoms with van der Waals surface area (Å²) in [6.07, 6.45) is 0.747. The van der Waals surface area contributed by atoms with Gasteiger partial charge >= 0.3 is 0 Å². The smallest absolute Gasteiger partial charge is 0.224 e. The van der Waals surface area contributed by atoms with Crippen LogP contribution in [0.1, 0.15) is 24.6 Å². The number of aromatic nitrogens is 2. The van der Waals surface area contributed by atoms with E-state index < -0.39 is 0 Å². The molecule has 0 bridgehead atoms. The van der Waals surface area contributed by atoms with E-state index in [4.69, 9.17) is 4.74 Å². The Balaban J connectivity index is 1.69. The number of benzene rings is 1. The van der Waals surface area contributed by atoms with Gasteiger partial charge in [0.05, 0.1) is 6.61 Å². The average molecular weight is 386 g/mol. The number of nitrogens with zero attached hydrogens (tertiary/aromatic N) is 4. The van der Waals surface area contributed by atoms with Crippen molar-refractivity contribution in [1.29, 1.82) is 0 Å². The Morgan fingerprint density at radius 2 is 2.00 bits per heavy atom. The lowest BCUT2D eigenvalue weighted by atomic mass is 10.1. The van der Waals surface area contributed by atoms with Crippen LogP contribution in [-0.2, 0) is 6.54 Å². The first-order valence-corrected chi connectivity index (χ1v) is 9.98. The van der Waals surface area contributed by atoms with Gasteiger partial charge in [0.2, 0.25) is 5.95 Å². The van der Waals surface area contributed by atoms with Gasteiger partial charge in [0.1, 0.15) is 11.6 Å². The Bertz CT molecular complexity index is 753. The van der Waals surface area contributed by atoms with E-state index in [1.807, 2.05) is 39.1 Å². The van der Waals surface area contributed by atoms with Gasteiger partial charge in [0.25, 0.3) is 0 Å². The molecule has 0 spiro atoms. The highest BCUT2D eigenvalue weighted by Crippen LogP contribution is 2.23. The molecule has 0 aliphatic carbocycles. The van der Waals surface area contributed by atoms with Crippen LogP contribution in [0.15, 0.2) is 30.3 Å². The zero-order chi connectivity index (χ0) is 19.9. The van der Waals surface area contributed by atoms with Crippen molar-refractivity contribution in [2.45, 2.75) is 32.9 Å². The highest BCUT2D eigenvalue weighted by molar-refractivity contribution is 5.45. The molecule has 2 aromatic rings. The number of aliphatic hydroxyl groups excluding tert-OH is 1. The van der Waals surface area contributed by atoms with Gasteiger partial charge in [-0.3, -0.25) is 4.90 Å². The summed E-state index contributed by atoms with van der Waals surface area (Å²) in [6, 6.07) is 10.6. The monoisotopic (exact) mass is 385 g/mol. The molecule has 1 aliphatic heterocycles. The zero-order valence-corrected chi connectivity index (χ0v) is 17.1. The molecule has 7 heteroatoms. The van der Waals surface area contributed by atoms with E-state index in [-0.39, 0.29) is 12.6 Å². The second-order valence-corrected chi connectivity index (χ2v) is 7.10. The minimum atomic E-state index is 0.183. The number of aliphatic hydroxyl groups is 1. The third kappa shape index (κ3) is 5.11. The molecule has 0 amide bonds. The summed E-state index contributed by atoms with van der Waals surface area (Å²) in [5.74, 6) is 2.49. The molecule has 1 saturated heterocycles. The van der Waals surface area contributed by atoms with Crippen molar-refractivity contribution in [3.8, 4) is 5.75 Å². The number of anilines is 2. The van der Waals surface area contributed by atoms with Gasteiger partial charge in [-0.15, -0.1) is 0 Å². The molecular formula is C21H31N5O2. The van der Waals surface area contributed by atoms with Gasteiger partial charge in [-0.05, 0) is 38.0 Å². The molecule has 0 radical (unpaired) electrons. The van der Waals surface area contributed by atoms with Crippen molar-refractivity contribution in [3.05, 3.63) is 41.6 Å². The van der Waals surface area contributed by atoms with Crippen LogP contribution in [0.25, 0.3) is 0 Å². The molecule has 0 unspecified atom stereocenters. The summed E-state index contributed by atoms with van der Waals surface area (Å²) in [5.41, 5.74) is 2.21. The topological polar surface area (TPSA) is 73.8 Å². The quantitative estimate of drug-likeness (QED) is 0.722. The van der Waals surface area contributed by atoms with Crippen molar-refractivity contribution < 1.29 is 9.84 Å². The summed E-state index contributed by atoms with van der Waals surface area (Å²) in [5, 5.41) is 12.6. The van der Waals surface area contributed by atoms with Crippen molar-refractivity contribution in [3.63, 3.8) is 0 Å². The fourth-order valence-electron chi connectivity index (χ4n) is 3.65. The number of nitrogens with one attached hydrogen (secondary N) is 1. The molecule has 1 aromatic heterocycles. The van der Waals surface area contributed by atoms with Crippen LogP contribution in [0.3, 0.4) is 0 Å². The molecular weight excluding hydrogens is 354 g/mol. The fraction of sp³-hybridized carbons (Fsp3) is 0.524. The number of ether oxygens (including phenoxy) is 1. The van der Waals surface area contributed by atoms with E-state index in [0.29, 0.717) is 12.6 Å². The minimum absolute atomic E-state index is 0.183. The molecule has 1 fully saturated rings. The first-order chi connectivity index (χ1) is 13.6. The number of hydrogen-bond donors (Lipinski definition) is 2. The van der Waals surface area contributed by atoms with Crippen molar-refractivity contribution in [2.24, 2.45) is 0 Å². The van der Waals surface area contributed by atoms with Crippen LogP contribution in [0.2, 0.25) is 0 Å². The van der Waals surface area contributed by atoms with E-state index in [0.717, 1.165) is 49.9 Å². The van der Waals surface area contributed by atoms with Crippen molar-refractivity contribution in [2.75, 3.05) is 50.1 Å². The van der Waals surface area contributed by atoms with Gasteiger partial charge in [-0.2, -0.15) is 4.98 Å². The van der Waals surface area contributed by atoms with E-state index in [1.54, 1.807) is 0 Å². The van der Waals surface area contributed by atoms with Crippen LogP contribution in [0, 0.1) is 6.92 Å². The molecule has 3 rings (SSSR count). The number of piperazine rings is 1. The Morgan fingerprint density at radius 3 is 2.68 bits per heavy atom. The molecule has 0 saturated carbocycles. The third-order valence-corrected chi connectivity index (χ3v) is 5.08. The first kappa shape index (κ1) is 20.4. The number of aryl methyl sites for hydroxylation is 1. The number of rotatable bonds is 8. The second-order valence-electron chi connectivity index (χ2n) is 7.10. The predicted octanol–water partition coefficient (Wildman–Crippen LogP) is 2.30. The van der Waals surface area contributed by atoms with Gasteiger partial charge in [0.15, 0.2) is 0 Å². The standard InChI is InChI=1S/C21H31N5O2/c1-4-28-19-7-5-17(6-8-19)14-25-10-11-26(15-18(25)9-12-27)20-13-16(2)23-21(22-3)24-20/h5-8,13,18,27H,4,9-12,14-15H2,1-3H3,(H,22,23,24)/t18-/m0/s1. The van der Waals surface area contributed by atoms with E-state index in [2.05, 4.69) is 37.2 Å². The molecule has 28 heavy (non-hydrogen) atoms. The van der Waals surface area contributed by atoms with Crippen molar-refractivity contribution >= 4 is 11.8 Å². The maximum absolute atomic E-state index is 9.58. The summed E-state index contributed by atoms with van der Waals surface area (Å²) < 4.78 is 5.53. The van der Waals surface area contributed by atoms with E-state index >= 15 is 0 Å². The lowest BCUT2D eigenvalue weighted by molar-refractivity contribution is 0.135. The SMILES string of the molecule is CCOc1ccc(CN2CCN(c3cc(C)nc(NC)n3)C[C@@H]2CCO)cc1. The molecule has 7 nitrogen and oxygen atoms in total. The van der Waals surface area contributed by atoms with Gasteiger partial charge < -0.3 is 20.1 Å². The normalized spacial score (nSPS) is 17.6. The lowest BCUT2D eigenvalue weighted by Gasteiger charge is -2.42. The summed E-state index contributed by atoms with van der Waals surface area (Å²) in [4.78, 5) is 13.7. The molecule has 1 atom stereocenters. The average Bonchev–Trinajstić information content (AvgIpc) is 2.70. The van der Waals surface area contributed by atoms with Crippen molar-refractivity contribution in [1.82, 2.24) is 14.9 Å². The Morgan fingerprint density at radius 1 is 1.21 bits per heavy atom. The second kappa shape index (κ2) is 9.71. The van der Waals surface area contributed by atoms with Crippen LogP contribution in [-0.4, -0.2) is 65.9 Å². The Kier molecular flexibility index (Phi) is 7.06. The molecule has 1 aliphatic rings. The summed E-state index contributed by atoms with van der Waals surface area (Å²) in [6.45, 7) is 8.38. The van der Waals surface area contributed by atoms with Gasteiger partial charge in [-0.25, -0.2) is 4.98 Å². The molecule has 2 heterocycles. The predicted molar refractivity (Wildman–Crippen MR) is 112 cm³/mol. The zero-order valence-electron chi connectivity index (χ0n) is 17.1. The third-order valence-electron chi connectivity index (χ3n) is 5.08. The van der Waals surface area contributed by atoms with Gasteiger partial charge in [0, 0.05) is 57.6 Å². The summed E-state index contributed by atoms with van der Waals surface area (Å²) >= 11 is 0. The minimum Gasteiger partial charge on any atom is -0.494 e. The largest absolute Gasteiger partial charge is 0.494 e. The van der Waals surface area contributed by atoms with Crippen LogP contribution < -0.4 is 15.0 Å². The molecule has 2 N–H and O–H groups in total. The van der Waals surface area contributed by atoms with E-state index in [1.165, 1.54) is 5.56 Å². The highest BCUT2D eigenvalue weighted by Gasteiger charge is 2.27. The molecule has 1 aromatic carbocycles. The maximum Gasteiger partial charge on any atom is 0.224 e. The molecule has 152 valence electrons. The Labute approximate surface area is 167 Å². The fourth-order valence-corrected chi connectivity index (χ4v) is 3.65. The maximum atomic E-state index is 9.58. The van der Waals surface area contributed by atoms with Crippen LogP contribution >= 0.6 is 0 Å². The lowest BCUT2D eigenvalue weighted by Crippen LogP contribution is -2.53. The van der Waals surface area contributed by atoms with Crippen LogP contribution in [0.4, 0.5) is 11.8 Å². The first-order valence-electron chi connectivity index (χ1n) is 9.98. The summed E-state index contributed by atoms with van der Waals surface area (Å²) in [7, 11) is 1.84. The van der Waals surface area contributed by atoms with E-state index in [9.17, 15) is 5.11 Å². The Hall–Kier alpha value is -2.38. The highest BCUT2D eigenvalue weighted by atomic mass is 16.5. The van der Waals surface area contributed by atoms with Crippen LogP contribution in [0.5, 0.6) is 5.75 Å². The number of hydrogen-bond acceptors (Lipinski definition) is 7. The van der Waals surface area contributed by atoms with Gasteiger partial charge in [-0.1, -0.05) is 12.1 Å².